The SMILES string of the molecule is CCCCC(=O)OC1C2CCC(CC2)C1OC(=O)CCCC. The zero-order chi connectivity index (χ0) is 15.9. The van der Waals surface area contributed by atoms with E-state index in [0.717, 1.165) is 51.4 Å². The number of unbranched alkanes of at least 4 members (excludes halogenated alkanes) is 2. The van der Waals surface area contributed by atoms with E-state index in [4.69, 9.17) is 9.47 Å². The molecule has 0 radical (unpaired) electrons. The van der Waals surface area contributed by atoms with Gasteiger partial charge in [0.15, 0.2) is 0 Å². The number of carbonyl (C=O) groups is 2. The zero-order valence-electron chi connectivity index (χ0n) is 14.0. The zero-order valence-corrected chi connectivity index (χ0v) is 14.0. The second-order valence-electron chi connectivity index (χ2n) is 6.79. The Morgan fingerprint density at radius 2 is 1.14 bits per heavy atom. The van der Waals surface area contributed by atoms with Crippen LogP contribution in [-0.4, -0.2) is 24.1 Å². The van der Waals surface area contributed by atoms with Crippen molar-refractivity contribution in [1.82, 2.24) is 0 Å². The fourth-order valence-electron chi connectivity index (χ4n) is 3.73. The minimum atomic E-state index is -0.206. The summed E-state index contributed by atoms with van der Waals surface area (Å²) in [4.78, 5) is 24.0. The van der Waals surface area contributed by atoms with E-state index < -0.39 is 0 Å². The van der Waals surface area contributed by atoms with Gasteiger partial charge in [0.1, 0.15) is 12.2 Å². The number of rotatable bonds is 8. The van der Waals surface area contributed by atoms with Crippen LogP contribution >= 0.6 is 0 Å². The molecule has 126 valence electrons. The van der Waals surface area contributed by atoms with Gasteiger partial charge in [0.25, 0.3) is 0 Å². The highest BCUT2D eigenvalue weighted by Crippen LogP contribution is 2.44. The van der Waals surface area contributed by atoms with Crippen molar-refractivity contribution in [2.45, 2.75) is 90.3 Å². The second kappa shape index (κ2) is 8.54. The number of ether oxygens (including phenoxy) is 2. The smallest absolute Gasteiger partial charge is 0.306 e. The molecule has 3 rings (SSSR count). The van der Waals surface area contributed by atoms with E-state index in [-0.39, 0.29) is 24.1 Å². The molecule has 0 aliphatic heterocycles. The molecule has 0 aromatic heterocycles. The topological polar surface area (TPSA) is 52.6 Å². The van der Waals surface area contributed by atoms with Crippen molar-refractivity contribution < 1.29 is 19.1 Å². The van der Waals surface area contributed by atoms with Gasteiger partial charge in [-0.1, -0.05) is 26.7 Å². The van der Waals surface area contributed by atoms with Crippen molar-refractivity contribution in [1.29, 1.82) is 0 Å². The molecule has 22 heavy (non-hydrogen) atoms. The molecule has 3 aliphatic rings. The van der Waals surface area contributed by atoms with Gasteiger partial charge in [-0.15, -0.1) is 0 Å². The molecule has 2 unspecified atom stereocenters. The Morgan fingerprint density at radius 1 is 0.773 bits per heavy atom. The van der Waals surface area contributed by atoms with Crippen LogP contribution in [0.15, 0.2) is 0 Å². The van der Waals surface area contributed by atoms with E-state index in [2.05, 4.69) is 13.8 Å². The fraction of sp³-hybridized carbons (Fsp3) is 0.889. The Balaban J connectivity index is 1.94. The monoisotopic (exact) mass is 310 g/mol. The van der Waals surface area contributed by atoms with Crippen LogP contribution in [0.4, 0.5) is 0 Å². The van der Waals surface area contributed by atoms with Gasteiger partial charge in [0.2, 0.25) is 0 Å². The van der Waals surface area contributed by atoms with Gasteiger partial charge in [-0.05, 0) is 50.4 Å². The highest BCUT2D eigenvalue weighted by atomic mass is 16.6. The van der Waals surface area contributed by atoms with Crippen LogP contribution in [-0.2, 0) is 19.1 Å². The number of esters is 2. The van der Waals surface area contributed by atoms with Crippen molar-refractivity contribution in [3.63, 3.8) is 0 Å². The predicted molar refractivity (Wildman–Crippen MR) is 84.3 cm³/mol. The Labute approximate surface area is 133 Å². The van der Waals surface area contributed by atoms with Crippen LogP contribution in [0.5, 0.6) is 0 Å². The summed E-state index contributed by atoms with van der Waals surface area (Å²) in [7, 11) is 0. The average Bonchev–Trinajstić information content (AvgIpc) is 2.54. The van der Waals surface area contributed by atoms with E-state index >= 15 is 0 Å². The molecular weight excluding hydrogens is 280 g/mol. The maximum atomic E-state index is 12.0. The van der Waals surface area contributed by atoms with Gasteiger partial charge < -0.3 is 9.47 Å². The molecule has 0 saturated heterocycles. The molecule has 0 aromatic carbocycles. The van der Waals surface area contributed by atoms with Crippen LogP contribution in [0.2, 0.25) is 0 Å². The maximum absolute atomic E-state index is 12.0. The summed E-state index contributed by atoms with van der Waals surface area (Å²) in [6.07, 6.45) is 8.62. The summed E-state index contributed by atoms with van der Waals surface area (Å²) in [5.41, 5.74) is 0. The largest absolute Gasteiger partial charge is 0.458 e. The molecule has 0 aromatic rings. The third-order valence-electron chi connectivity index (χ3n) is 5.07. The lowest BCUT2D eigenvalue weighted by molar-refractivity contribution is -0.192. The van der Waals surface area contributed by atoms with Crippen LogP contribution in [0, 0.1) is 11.8 Å². The van der Waals surface area contributed by atoms with Crippen molar-refractivity contribution in [2.75, 3.05) is 0 Å². The lowest BCUT2D eigenvalue weighted by atomic mass is 9.67. The number of hydrogen-bond donors (Lipinski definition) is 0. The van der Waals surface area contributed by atoms with Gasteiger partial charge in [-0.25, -0.2) is 0 Å². The van der Waals surface area contributed by atoms with Gasteiger partial charge in [0.05, 0.1) is 0 Å². The lowest BCUT2D eigenvalue weighted by Gasteiger charge is -2.46. The van der Waals surface area contributed by atoms with E-state index in [0.29, 0.717) is 24.7 Å². The van der Waals surface area contributed by atoms with Gasteiger partial charge in [-0.3, -0.25) is 9.59 Å². The van der Waals surface area contributed by atoms with Crippen molar-refractivity contribution in [3.8, 4) is 0 Å². The van der Waals surface area contributed by atoms with Crippen molar-refractivity contribution in [2.24, 2.45) is 11.8 Å². The molecule has 4 heteroatoms. The highest BCUT2D eigenvalue weighted by Gasteiger charge is 2.47. The first-order chi connectivity index (χ1) is 10.7. The summed E-state index contributed by atoms with van der Waals surface area (Å²) in [6.45, 7) is 4.13. The van der Waals surface area contributed by atoms with Crippen molar-refractivity contribution in [3.05, 3.63) is 0 Å². The molecule has 2 atom stereocenters. The minimum absolute atomic E-state index is 0.131. The third-order valence-corrected chi connectivity index (χ3v) is 5.07. The Hall–Kier alpha value is -1.06. The number of fused-ring (bicyclic) bond motifs is 3. The molecule has 3 fully saturated rings. The van der Waals surface area contributed by atoms with E-state index in [9.17, 15) is 9.59 Å². The van der Waals surface area contributed by atoms with E-state index in [1.807, 2.05) is 0 Å². The van der Waals surface area contributed by atoms with Gasteiger partial charge >= 0.3 is 11.9 Å². The van der Waals surface area contributed by atoms with Crippen LogP contribution in [0.1, 0.15) is 78.1 Å². The Bertz CT molecular complexity index is 335. The standard InChI is InChI=1S/C18H30O4/c1-3-5-7-15(19)21-17-13-9-11-14(12-10-13)18(17)22-16(20)8-6-4-2/h13-14,17-18H,3-12H2,1-2H3. The summed E-state index contributed by atoms with van der Waals surface area (Å²) < 4.78 is 11.5. The molecule has 3 aliphatic carbocycles. The summed E-state index contributed by atoms with van der Waals surface area (Å²) in [5, 5.41) is 0. The summed E-state index contributed by atoms with van der Waals surface area (Å²) >= 11 is 0. The normalized spacial score (nSPS) is 30.1. The molecule has 0 amide bonds. The molecular formula is C18H30O4. The predicted octanol–water partition coefficient (Wildman–Crippen LogP) is 4.01. The Morgan fingerprint density at radius 3 is 1.45 bits per heavy atom. The quantitative estimate of drug-likeness (QED) is 0.636. The van der Waals surface area contributed by atoms with Gasteiger partial charge in [0, 0.05) is 12.8 Å². The second-order valence-corrected chi connectivity index (χ2v) is 6.79. The average molecular weight is 310 g/mol. The molecule has 3 saturated carbocycles. The Kier molecular flexibility index (Phi) is 6.71. The number of hydrogen-bond acceptors (Lipinski definition) is 4. The molecule has 4 nitrogen and oxygen atoms in total. The fourth-order valence-corrected chi connectivity index (χ4v) is 3.73. The minimum Gasteiger partial charge on any atom is -0.458 e. The number of carbonyl (C=O) groups excluding carboxylic acids is 2. The first-order valence-corrected chi connectivity index (χ1v) is 9.04. The van der Waals surface area contributed by atoms with Gasteiger partial charge in [-0.2, -0.15) is 0 Å². The van der Waals surface area contributed by atoms with Crippen molar-refractivity contribution >= 4 is 11.9 Å². The maximum Gasteiger partial charge on any atom is 0.306 e. The first-order valence-electron chi connectivity index (χ1n) is 9.04. The van der Waals surface area contributed by atoms with Crippen LogP contribution < -0.4 is 0 Å². The van der Waals surface area contributed by atoms with Crippen LogP contribution in [0.25, 0.3) is 0 Å². The lowest BCUT2D eigenvalue weighted by Crippen LogP contribution is -2.52. The highest BCUT2D eigenvalue weighted by molar-refractivity contribution is 5.70. The van der Waals surface area contributed by atoms with E-state index in [1.54, 1.807) is 0 Å². The van der Waals surface area contributed by atoms with E-state index in [1.165, 1.54) is 0 Å². The first kappa shape index (κ1) is 17.3. The summed E-state index contributed by atoms with van der Waals surface area (Å²) in [5.74, 6) is 0.488. The molecule has 0 N–H and O–H groups in total. The van der Waals surface area contributed by atoms with Crippen LogP contribution in [0.3, 0.4) is 0 Å². The molecule has 0 heterocycles. The third kappa shape index (κ3) is 4.47. The molecule has 0 spiro atoms. The molecule has 2 bridgehead atoms. The summed E-state index contributed by atoms with van der Waals surface area (Å²) in [6, 6.07) is 0.